The molecule has 0 aromatic heterocycles. The number of carbonyl (C=O) groups is 1. The van der Waals surface area contributed by atoms with Gasteiger partial charge < -0.3 is 18.9 Å². The number of benzene rings is 3. The van der Waals surface area contributed by atoms with Crippen LogP contribution in [0.15, 0.2) is 78.9 Å². The summed E-state index contributed by atoms with van der Waals surface area (Å²) in [6, 6.07) is 25.2. The van der Waals surface area contributed by atoms with Crippen molar-refractivity contribution >= 4 is 13.8 Å². The van der Waals surface area contributed by atoms with Gasteiger partial charge in [-0.05, 0) is 50.5 Å². The lowest BCUT2D eigenvalue weighted by molar-refractivity contribution is -0.183. The molecule has 0 heterocycles. The molecule has 0 bridgehead atoms. The van der Waals surface area contributed by atoms with E-state index < -0.39 is 30.9 Å². The molecule has 4 rings (SSSR count). The van der Waals surface area contributed by atoms with Crippen LogP contribution in [-0.2, 0) is 44.4 Å². The third-order valence-electron chi connectivity index (χ3n) is 8.00. The molecule has 1 saturated carbocycles. The van der Waals surface area contributed by atoms with Gasteiger partial charge in [0.15, 0.2) is 5.60 Å². The highest BCUT2D eigenvalue weighted by Crippen LogP contribution is 2.65. The third kappa shape index (κ3) is 6.82. The second kappa shape index (κ2) is 14.1. The van der Waals surface area contributed by atoms with Crippen LogP contribution in [0.5, 0.6) is 11.5 Å². The second-order valence-corrected chi connectivity index (χ2v) is 12.0. The van der Waals surface area contributed by atoms with Gasteiger partial charge in [0.05, 0.1) is 27.4 Å². The van der Waals surface area contributed by atoms with Crippen molar-refractivity contribution in [3.05, 3.63) is 95.6 Å². The van der Waals surface area contributed by atoms with E-state index >= 15 is 0 Å². The Morgan fingerprint density at radius 2 is 1.49 bits per heavy atom. The molecule has 0 spiro atoms. The van der Waals surface area contributed by atoms with Gasteiger partial charge in [0, 0.05) is 30.1 Å². The molecule has 0 saturated heterocycles. The summed E-state index contributed by atoms with van der Waals surface area (Å²) in [5.41, 5.74) is 0.473. The van der Waals surface area contributed by atoms with Crippen LogP contribution in [0.4, 0.5) is 0 Å². The zero-order valence-corrected chi connectivity index (χ0v) is 26.5. The van der Waals surface area contributed by atoms with Crippen LogP contribution in [-0.4, -0.2) is 52.2 Å². The Bertz CT molecular complexity index is 1350. The Morgan fingerprint density at radius 3 is 1.98 bits per heavy atom. The quantitative estimate of drug-likeness (QED) is 0.129. The minimum absolute atomic E-state index is 0.0859. The molecular weight excluding hydrogens is 571 g/mol. The monoisotopic (exact) mass is 612 g/mol. The number of esters is 1. The van der Waals surface area contributed by atoms with Crippen LogP contribution in [0.3, 0.4) is 0 Å². The van der Waals surface area contributed by atoms with E-state index in [4.69, 9.17) is 32.5 Å². The van der Waals surface area contributed by atoms with Crippen molar-refractivity contribution in [2.24, 2.45) is 5.92 Å². The van der Waals surface area contributed by atoms with Gasteiger partial charge >= 0.3 is 13.8 Å². The van der Waals surface area contributed by atoms with E-state index in [1.165, 1.54) is 14.2 Å². The topological polar surface area (TPSA) is 98.8 Å². The first-order chi connectivity index (χ1) is 20.7. The van der Waals surface area contributed by atoms with E-state index in [0.717, 1.165) is 11.1 Å². The summed E-state index contributed by atoms with van der Waals surface area (Å²) < 4.78 is 53.7. The fraction of sp³-hybridized carbons (Fsp3) is 0.424. The second-order valence-electron chi connectivity index (χ2n) is 10.4. The number of hydrogen-bond donors (Lipinski definition) is 0. The average molecular weight is 613 g/mol. The van der Waals surface area contributed by atoms with E-state index in [0.29, 0.717) is 23.5 Å². The molecule has 0 aliphatic heterocycles. The largest absolute Gasteiger partial charge is 0.497 e. The first-order valence-electron chi connectivity index (χ1n) is 14.3. The molecule has 0 N–H and O–H groups in total. The van der Waals surface area contributed by atoms with Crippen LogP contribution in [0.1, 0.15) is 43.9 Å². The van der Waals surface area contributed by atoms with Crippen molar-refractivity contribution in [3.8, 4) is 11.5 Å². The highest BCUT2D eigenvalue weighted by Gasteiger charge is 2.66. The van der Waals surface area contributed by atoms with E-state index in [9.17, 15) is 9.36 Å². The molecule has 1 aliphatic rings. The summed E-state index contributed by atoms with van der Waals surface area (Å²) in [4.78, 5) is 14.0. The number of ether oxygens (including phenoxy) is 4. The standard InChI is InChI=1S/C33H41O9P/c1-7-40-43(35,41-8-2)42-30(28-22-33(28,25-15-11-9-12-16-25)26-17-13-10-14-18-26)32(3,38-6)31(34)39-23-24-19-20-27(36-4)21-29(24)37-5/h9-21,28,30H,7-8,22-23H2,1-6H3. The number of phosphoric acid groups is 1. The van der Waals surface area contributed by atoms with Crippen molar-refractivity contribution in [2.75, 3.05) is 34.5 Å². The summed E-state index contributed by atoms with van der Waals surface area (Å²) in [6.07, 6.45) is -0.477. The summed E-state index contributed by atoms with van der Waals surface area (Å²) >= 11 is 0. The van der Waals surface area contributed by atoms with E-state index in [2.05, 4.69) is 0 Å². The van der Waals surface area contributed by atoms with Gasteiger partial charge in [-0.15, -0.1) is 0 Å². The van der Waals surface area contributed by atoms with Gasteiger partial charge in [-0.2, -0.15) is 0 Å². The number of rotatable bonds is 16. The van der Waals surface area contributed by atoms with Crippen LogP contribution < -0.4 is 9.47 Å². The van der Waals surface area contributed by atoms with E-state index in [1.54, 1.807) is 46.1 Å². The molecular formula is C33H41O9P. The maximum atomic E-state index is 14.0. The van der Waals surface area contributed by atoms with Crippen molar-refractivity contribution in [2.45, 2.75) is 50.9 Å². The van der Waals surface area contributed by atoms with Crippen LogP contribution in [0.2, 0.25) is 0 Å². The number of carbonyl (C=O) groups excluding carboxylic acids is 1. The normalized spacial score (nSPS) is 17.9. The molecule has 1 aliphatic carbocycles. The molecule has 10 heteroatoms. The smallest absolute Gasteiger partial charge is 0.475 e. The predicted octanol–water partition coefficient (Wildman–Crippen LogP) is 6.72. The zero-order chi connectivity index (χ0) is 31.1. The summed E-state index contributed by atoms with van der Waals surface area (Å²) in [7, 11) is 0.401. The molecule has 3 aromatic rings. The fourth-order valence-corrected chi connectivity index (χ4v) is 7.09. The first-order valence-corrected chi connectivity index (χ1v) is 15.8. The van der Waals surface area contributed by atoms with E-state index in [1.807, 2.05) is 60.7 Å². The lowest BCUT2D eigenvalue weighted by atomic mass is 9.81. The highest BCUT2D eigenvalue weighted by molar-refractivity contribution is 7.48. The van der Waals surface area contributed by atoms with Gasteiger partial charge in [0.1, 0.15) is 24.2 Å². The Morgan fingerprint density at radius 1 is 0.907 bits per heavy atom. The van der Waals surface area contributed by atoms with Crippen molar-refractivity contribution in [3.63, 3.8) is 0 Å². The number of methoxy groups -OCH3 is 3. The van der Waals surface area contributed by atoms with Gasteiger partial charge in [0.25, 0.3) is 0 Å². The maximum absolute atomic E-state index is 14.0. The van der Waals surface area contributed by atoms with Crippen LogP contribution in [0.25, 0.3) is 0 Å². The Hall–Kier alpha value is -3.20. The van der Waals surface area contributed by atoms with Crippen molar-refractivity contribution in [1.82, 2.24) is 0 Å². The van der Waals surface area contributed by atoms with Crippen LogP contribution in [0, 0.1) is 5.92 Å². The minimum Gasteiger partial charge on any atom is -0.497 e. The lowest BCUT2D eigenvalue weighted by Gasteiger charge is -2.37. The molecule has 3 atom stereocenters. The molecule has 3 aromatic carbocycles. The van der Waals surface area contributed by atoms with Gasteiger partial charge in [-0.3, -0.25) is 13.6 Å². The zero-order valence-electron chi connectivity index (χ0n) is 25.6. The molecule has 232 valence electrons. The Balaban J connectivity index is 1.75. The van der Waals surface area contributed by atoms with Crippen molar-refractivity contribution in [1.29, 1.82) is 0 Å². The highest BCUT2D eigenvalue weighted by atomic mass is 31.2. The third-order valence-corrected chi connectivity index (χ3v) is 9.63. The average Bonchev–Trinajstić information content (AvgIpc) is 3.79. The maximum Gasteiger partial charge on any atom is 0.475 e. The Kier molecular flexibility index (Phi) is 10.7. The molecule has 0 radical (unpaired) electrons. The summed E-state index contributed by atoms with van der Waals surface area (Å²) in [5, 5.41) is 0. The summed E-state index contributed by atoms with van der Waals surface area (Å²) in [6.45, 7) is 5.06. The lowest BCUT2D eigenvalue weighted by Crippen LogP contribution is -2.52. The molecule has 9 nitrogen and oxygen atoms in total. The first kappa shape index (κ1) is 32.7. The predicted molar refractivity (Wildman–Crippen MR) is 162 cm³/mol. The Labute approximate surface area is 254 Å². The molecule has 1 fully saturated rings. The van der Waals surface area contributed by atoms with Crippen molar-refractivity contribution < 1.29 is 41.9 Å². The fourth-order valence-electron chi connectivity index (χ4n) is 5.64. The minimum atomic E-state index is -4.10. The van der Waals surface area contributed by atoms with E-state index in [-0.39, 0.29) is 25.7 Å². The SMILES string of the molecule is CCOP(=O)(OCC)OC(C1CC1(c1ccccc1)c1ccccc1)C(C)(OC)C(=O)OCc1ccc(OC)cc1OC. The van der Waals surface area contributed by atoms with Gasteiger partial charge in [-0.25, -0.2) is 9.36 Å². The molecule has 0 amide bonds. The summed E-state index contributed by atoms with van der Waals surface area (Å²) in [5.74, 6) is 0.0705. The number of hydrogen-bond acceptors (Lipinski definition) is 9. The van der Waals surface area contributed by atoms with Gasteiger partial charge in [-0.1, -0.05) is 60.7 Å². The van der Waals surface area contributed by atoms with Crippen LogP contribution >= 0.6 is 7.82 Å². The molecule has 43 heavy (non-hydrogen) atoms. The van der Waals surface area contributed by atoms with Gasteiger partial charge in [0.2, 0.25) is 0 Å². The number of phosphoric ester groups is 1. The molecule has 3 unspecified atom stereocenters.